The first-order chi connectivity index (χ1) is 11.8. The molecule has 2 aromatic heterocycles. The summed E-state index contributed by atoms with van der Waals surface area (Å²) in [6.45, 7) is 0.391. The first kappa shape index (κ1) is 15.9. The van der Waals surface area contributed by atoms with E-state index >= 15 is 0 Å². The summed E-state index contributed by atoms with van der Waals surface area (Å²) in [6.07, 6.45) is 6.50. The van der Waals surface area contributed by atoms with Gasteiger partial charge in [0.15, 0.2) is 0 Å². The molecule has 122 valence electrons. The monoisotopic (exact) mass is 322 g/mol. The molecular weight excluding hydrogens is 304 g/mol. The van der Waals surface area contributed by atoms with E-state index in [-0.39, 0.29) is 12.0 Å². The molecule has 0 aliphatic rings. The van der Waals surface area contributed by atoms with E-state index in [2.05, 4.69) is 15.3 Å². The fraction of sp³-hybridized carbons (Fsp3) is 0.167. The number of nitrogens with one attached hydrogen (secondary N) is 1. The zero-order valence-corrected chi connectivity index (χ0v) is 13.3. The molecule has 0 radical (unpaired) electrons. The number of nitrogens with zero attached hydrogens (tertiary/aromatic N) is 3. The predicted octanol–water partition coefficient (Wildman–Crippen LogP) is 2.38. The standard InChI is InChI=1S/C18H18N4O2/c1-24-16(14-5-3-2-4-6-14)12-21-18(23)15-7-8-20-17(11-15)22-10-9-19-13-22/h2-11,13,16H,12H2,1H3,(H,21,23). The van der Waals surface area contributed by atoms with E-state index in [1.807, 2.05) is 30.3 Å². The van der Waals surface area contributed by atoms with Crippen LogP contribution in [-0.2, 0) is 4.74 Å². The highest BCUT2D eigenvalue weighted by Crippen LogP contribution is 2.15. The summed E-state index contributed by atoms with van der Waals surface area (Å²) < 4.78 is 7.21. The molecule has 2 heterocycles. The summed E-state index contributed by atoms with van der Waals surface area (Å²) in [5.74, 6) is 0.475. The van der Waals surface area contributed by atoms with Gasteiger partial charge in [-0.3, -0.25) is 9.36 Å². The Morgan fingerprint density at radius 2 is 2.08 bits per heavy atom. The van der Waals surface area contributed by atoms with Crippen LogP contribution in [0.4, 0.5) is 0 Å². The molecule has 0 aliphatic carbocycles. The lowest BCUT2D eigenvalue weighted by Gasteiger charge is -2.16. The molecule has 0 saturated heterocycles. The molecule has 1 unspecified atom stereocenters. The van der Waals surface area contributed by atoms with Crippen molar-refractivity contribution in [3.63, 3.8) is 0 Å². The molecular formula is C18H18N4O2. The van der Waals surface area contributed by atoms with Gasteiger partial charge in [0.25, 0.3) is 5.91 Å². The summed E-state index contributed by atoms with van der Waals surface area (Å²) in [5, 5.41) is 2.90. The van der Waals surface area contributed by atoms with Gasteiger partial charge in [0.1, 0.15) is 12.1 Å². The van der Waals surface area contributed by atoms with Crippen molar-refractivity contribution >= 4 is 5.91 Å². The number of carbonyl (C=O) groups excluding carboxylic acids is 1. The third-order valence-electron chi connectivity index (χ3n) is 3.68. The number of hydrogen-bond donors (Lipinski definition) is 1. The minimum Gasteiger partial charge on any atom is -0.375 e. The van der Waals surface area contributed by atoms with Crippen LogP contribution in [-0.4, -0.2) is 34.1 Å². The number of amides is 1. The summed E-state index contributed by atoms with van der Waals surface area (Å²) >= 11 is 0. The number of pyridine rings is 1. The molecule has 1 aromatic carbocycles. The van der Waals surface area contributed by atoms with Crippen LogP contribution in [0.3, 0.4) is 0 Å². The van der Waals surface area contributed by atoms with Crippen LogP contribution in [0, 0.1) is 0 Å². The lowest BCUT2D eigenvalue weighted by atomic mass is 10.1. The number of methoxy groups -OCH3 is 1. The average molecular weight is 322 g/mol. The quantitative estimate of drug-likeness (QED) is 0.756. The van der Waals surface area contributed by atoms with E-state index in [9.17, 15) is 4.79 Å². The molecule has 24 heavy (non-hydrogen) atoms. The van der Waals surface area contributed by atoms with Crippen LogP contribution in [0.2, 0.25) is 0 Å². The van der Waals surface area contributed by atoms with Gasteiger partial charge in [-0.05, 0) is 17.7 Å². The van der Waals surface area contributed by atoms with E-state index in [4.69, 9.17) is 4.74 Å². The number of carbonyl (C=O) groups is 1. The Bertz CT molecular complexity index is 788. The maximum absolute atomic E-state index is 12.4. The van der Waals surface area contributed by atoms with Gasteiger partial charge in [0.2, 0.25) is 0 Å². The van der Waals surface area contributed by atoms with Crippen molar-refractivity contribution in [1.29, 1.82) is 0 Å². The zero-order chi connectivity index (χ0) is 16.8. The smallest absolute Gasteiger partial charge is 0.251 e. The van der Waals surface area contributed by atoms with Crippen LogP contribution in [0.1, 0.15) is 22.0 Å². The molecule has 3 rings (SSSR count). The summed E-state index contributed by atoms with van der Waals surface area (Å²) in [4.78, 5) is 20.6. The number of rotatable bonds is 6. The van der Waals surface area contributed by atoms with Crippen LogP contribution >= 0.6 is 0 Å². The highest BCUT2D eigenvalue weighted by atomic mass is 16.5. The molecule has 1 N–H and O–H groups in total. The molecule has 6 nitrogen and oxygen atoms in total. The molecule has 0 bridgehead atoms. The van der Waals surface area contributed by atoms with Gasteiger partial charge in [0.05, 0.1) is 6.10 Å². The molecule has 6 heteroatoms. The summed E-state index contributed by atoms with van der Waals surface area (Å²) in [6, 6.07) is 13.2. The number of hydrogen-bond acceptors (Lipinski definition) is 4. The lowest BCUT2D eigenvalue weighted by molar-refractivity contribution is 0.0828. The van der Waals surface area contributed by atoms with Gasteiger partial charge in [-0.15, -0.1) is 0 Å². The first-order valence-corrected chi connectivity index (χ1v) is 7.58. The van der Waals surface area contributed by atoms with Crippen molar-refractivity contribution in [2.24, 2.45) is 0 Å². The topological polar surface area (TPSA) is 69.0 Å². The second kappa shape index (κ2) is 7.52. The third-order valence-corrected chi connectivity index (χ3v) is 3.68. The van der Waals surface area contributed by atoms with Gasteiger partial charge >= 0.3 is 0 Å². The molecule has 3 aromatic rings. The van der Waals surface area contributed by atoms with Gasteiger partial charge < -0.3 is 10.1 Å². The third kappa shape index (κ3) is 3.67. The largest absolute Gasteiger partial charge is 0.375 e. The van der Waals surface area contributed by atoms with Crippen molar-refractivity contribution in [2.45, 2.75) is 6.10 Å². The van der Waals surface area contributed by atoms with E-state index in [0.29, 0.717) is 17.9 Å². The molecule has 1 amide bonds. The maximum Gasteiger partial charge on any atom is 0.251 e. The van der Waals surface area contributed by atoms with Gasteiger partial charge in [-0.1, -0.05) is 30.3 Å². The van der Waals surface area contributed by atoms with Crippen molar-refractivity contribution in [3.8, 4) is 5.82 Å². The zero-order valence-electron chi connectivity index (χ0n) is 13.3. The Morgan fingerprint density at radius 3 is 2.79 bits per heavy atom. The van der Waals surface area contributed by atoms with E-state index < -0.39 is 0 Å². The second-order valence-electron chi connectivity index (χ2n) is 5.22. The van der Waals surface area contributed by atoms with Crippen molar-refractivity contribution < 1.29 is 9.53 Å². The van der Waals surface area contributed by atoms with Gasteiger partial charge in [-0.2, -0.15) is 0 Å². The Labute approximate surface area is 140 Å². The van der Waals surface area contributed by atoms with Crippen molar-refractivity contribution in [2.75, 3.05) is 13.7 Å². The minimum atomic E-state index is -0.190. The Hall–Kier alpha value is -2.99. The van der Waals surface area contributed by atoms with Crippen LogP contribution < -0.4 is 5.32 Å². The molecule has 0 aliphatic heterocycles. The maximum atomic E-state index is 12.4. The number of imidazole rings is 1. The Balaban J connectivity index is 1.68. The van der Waals surface area contributed by atoms with Crippen molar-refractivity contribution in [1.82, 2.24) is 19.9 Å². The average Bonchev–Trinajstić information content (AvgIpc) is 3.18. The highest BCUT2D eigenvalue weighted by molar-refractivity contribution is 5.94. The summed E-state index contributed by atoms with van der Waals surface area (Å²) in [5.41, 5.74) is 1.56. The predicted molar refractivity (Wildman–Crippen MR) is 89.9 cm³/mol. The van der Waals surface area contributed by atoms with Crippen molar-refractivity contribution in [3.05, 3.63) is 78.5 Å². The fourth-order valence-corrected chi connectivity index (χ4v) is 2.39. The molecule has 1 atom stereocenters. The number of ether oxygens (including phenoxy) is 1. The Kier molecular flexibility index (Phi) is 4.98. The Morgan fingerprint density at radius 1 is 1.25 bits per heavy atom. The van der Waals surface area contributed by atoms with Gasteiger partial charge in [-0.25, -0.2) is 9.97 Å². The van der Waals surface area contributed by atoms with Crippen LogP contribution in [0.5, 0.6) is 0 Å². The molecule has 0 fully saturated rings. The minimum absolute atomic E-state index is 0.170. The fourth-order valence-electron chi connectivity index (χ4n) is 2.39. The van der Waals surface area contributed by atoms with E-state index in [1.165, 1.54) is 0 Å². The lowest BCUT2D eigenvalue weighted by Crippen LogP contribution is -2.29. The number of aromatic nitrogens is 3. The first-order valence-electron chi connectivity index (χ1n) is 7.58. The molecule has 0 saturated carbocycles. The number of benzene rings is 1. The van der Waals surface area contributed by atoms with Gasteiger partial charge in [0, 0.05) is 37.8 Å². The highest BCUT2D eigenvalue weighted by Gasteiger charge is 2.13. The SMILES string of the molecule is COC(CNC(=O)c1ccnc(-n2ccnc2)c1)c1ccccc1. The second-order valence-corrected chi connectivity index (χ2v) is 5.22. The van der Waals surface area contributed by atoms with Crippen LogP contribution in [0.25, 0.3) is 5.82 Å². The van der Waals surface area contributed by atoms with E-state index in [1.54, 1.807) is 48.7 Å². The normalized spacial score (nSPS) is 11.9. The summed E-state index contributed by atoms with van der Waals surface area (Å²) in [7, 11) is 1.63. The molecule has 0 spiro atoms. The van der Waals surface area contributed by atoms with Crippen LogP contribution in [0.15, 0.2) is 67.4 Å². The van der Waals surface area contributed by atoms with E-state index in [0.717, 1.165) is 5.56 Å².